The molecule has 0 heterocycles. The summed E-state index contributed by atoms with van der Waals surface area (Å²) in [5.74, 6) is 0. The van der Waals surface area contributed by atoms with Gasteiger partial charge in [-0.1, -0.05) is 22.3 Å². The number of nitrogens with one attached hydrogen (secondary N) is 1. The van der Waals surface area contributed by atoms with Gasteiger partial charge < -0.3 is 0 Å². The van der Waals surface area contributed by atoms with Gasteiger partial charge in [-0.15, -0.1) is 0 Å². The monoisotopic (exact) mass is 264 g/mol. The Hall–Kier alpha value is -0.960. The Morgan fingerprint density at radius 2 is 1.50 bits per heavy atom. The standard InChI is InChI=1S/C8H12N2O4S2/c1-10(2)16(13,14)9-15(11,12)8-6-4-3-5-7-8/h3-7,9H,1-2H3. The van der Waals surface area contributed by atoms with Crippen molar-refractivity contribution in [3.63, 3.8) is 0 Å². The SMILES string of the molecule is CN(C)S(=O)(=O)NS(=O)(=O)c1ccccc1. The number of sulfonamides is 1. The zero-order valence-electron chi connectivity index (χ0n) is 8.78. The van der Waals surface area contributed by atoms with E-state index in [9.17, 15) is 16.8 Å². The van der Waals surface area contributed by atoms with Gasteiger partial charge in [0.2, 0.25) is 0 Å². The van der Waals surface area contributed by atoms with Crippen LogP contribution in [-0.2, 0) is 20.2 Å². The summed E-state index contributed by atoms with van der Waals surface area (Å²) >= 11 is 0. The second-order valence-corrected chi connectivity index (χ2v) is 7.01. The highest BCUT2D eigenvalue weighted by Crippen LogP contribution is 2.08. The van der Waals surface area contributed by atoms with Crippen LogP contribution in [0.4, 0.5) is 0 Å². The van der Waals surface area contributed by atoms with Gasteiger partial charge in [0.25, 0.3) is 20.2 Å². The van der Waals surface area contributed by atoms with E-state index >= 15 is 0 Å². The van der Waals surface area contributed by atoms with Crippen molar-refractivity contribution >= 4 is 20.2 Å². The number of rotatable bonds is 4. The van der Waals surface area contributed by atoms with Gasteiger partial charge >= 0.3 is 0 Å². The lowest BCUT2D eigenvalue weighted by Gasteiger charge is -2.12. The fraction of sp³-hybridized carbons (Fsp3) is 0.250. The summed E-state index contributed by atoms with van der Waals surface area (Å²) in [6, 6.07) is 7.29. The number of nitrogens with zero attached hydrogens (tertiary/aromatic N) is 1. The number of hydrogen-bond donors (Lipinski definition) is 1. The molecule has 1 N–H and O–H groups in total. The summed E-state index contributed by atoms with van der Waals surface area (Å²) in [7, 11) is -5.57. The molecule has 1 aromatic carbocycles. The molecule has 0 fully saturated rings. The van der Waals surface area contributed by atoms with Crippen LogP contribution >= 0.6 is 0 Å². The van der Waals surface area contributed by atoms with E-state index < -0.39 is 20.2 Å². The first-order valence-corrected chi connectivity index (χ1v) is 7.19. The lowest BCUT2D eigenvalue weighted by molar-refractivity contribution is 0.514. The Labute approximate surface area is 95.1 Å². The zero-order chi connectivity index (χ0) is 12.4. The van der Waals surface area contributed by atoms with Gasteiger partial charge in [0.1, 0.15) is 0 Å². The molecule has 16 heavy (non-hydrogen) atoms. The quantitative estimate of drug-likeness (QED) is 0.814. The largest absolute Gasteiger partial charge is 0.292 e. The zero-order valence-corrected chi connectivity index (χ0v) is 10.4. The molecule has 0 aromatic heterocycles. The maximum atomic E-state index is 11.6. The molecule has 0 saturated carbocycles. The van der Waals surface area contributed by atoms with Gasteiger partial charge in [-0.2, -0.15) is 12.7 Å². The summed E-state index contributed by atoms with van der Waals surface area (Å²) in [6.07, 6.45) is 0. The van der Waals surface area contributed by atoms with E-state index in [0.717, 1.165) is 4.31 Å². The Morgan fingerprint density at radius 1 is 1.00 bits per heavy atom. The third-order valence-corrected chi connectivity index (χ3v) is 5.32. The van der Waals surface area contributed by atoms with E-state index in [2.05, 4.69) is 0 Å². The second kappa shape index (κ2) is 4.50. The van der Waals surface area contributed by atoms with E-state index in [-0.39, 0.29) is 4.90 Å². The van der Waals surface area contributed by atoms with Crippen molar-refractivity contribution in [2.24, 2.45) is 0 Å². The lowest BCUT2D eigenvalue weighted by Crippen LogP contribution is -2.39. The van der Waals surface area contributed by atoms with Crippen LogP contribution in [0.15, 0.2) is 35.2 Å². The molecule has 0 saturated heterocycles. The third-order valence-electron chi connectivity index (χ3n) is 1.75. The van der Waals surface area contributed by atoms with Crippen LogP contribution < -0.4 is 4.13 Å². The van der Waals surface area contributed by atoms with Crippen LogP contribution in [0.5, 0.6) is 0 Å². The molecule has 0 amide bonds. The van der Waals surface area contributed by atoms with Crippen molar-refractivity contribution in [1.82, 2.24) is 8.43 Å². The molecule has 0 aliphatic carbocycles. The smallest absolute Gasteiger partial charge is 0.206 e. The lowest BCUT2D eigenvalue weighted by atomic mass is 10.4. The molecule has 0 bridgehead atoms. The molecular weight excluding hydrogens is 252 g/mol. The molecule has 0 unspecified atom stereocenters. The van der Waals surface area contributed by atoms with Crippen LogP contribution in [0.3, 0.4) is 0 Å². The Balaban J connectivity index is 3.08. The highest BCUT2D eigenvalue weighted by molar-refractivity contribution is 8.03. The predicted molar refractivity (Wildman–Crippen MR) is 59.4 cm³/mol. The van der Waals surface area contributed by atoms with Gasteiger partial charge in [-0.3, -0.25) is 0 Å². The van der Waals surface area contributed by atoms with Gasteiger partial charge in [-0.25, -0.2) is 8.42 Å². The van der Waals surface area contributed by atoms with Crippen molar-refractivity contribution in [3.8, 4) is 0 Å². The van der Waals surface area contributed by atoms with E-state index in [1.54, 1.807) is 10.2 Å². The molecule has 90 valence electrons. The molecule has 0 atom stereocenters. The second-order valence-electron chi connectivity index (χ2n) is 3.19. The first-order valence-electron chi connectivity index (χ1n) is 4.27. The first-order chi connectivity index (χ1) is 7.26. The van der Waals surface area contributed by atoms with Gasteiger partial charge in [-0.05, 0) is 12.1 Å². The van der Waals surface area contributed by atoms with Crippen LogP contribution in [0, 0.1) is 0 Å². The molecule has 0 aliphatic rings. The fourth-order valence-electron chi connectivity index (χ4n) is 0.861. The summed E-state index contributed by atoms with van der Waals surface area (Å²) < 4.78 is 48.4. The topological polar surface area (TPSA) is 83.6 Å². The van der Waals surface area contributed by atoms with Crippen LogP contribution in [0.25, 0.3) is 0 Å². The number of benzene rings is 1. The molecule has 1 aromatic rings. The molecule has 0 aliphatic heterocycles. The molecule has 1 rings (SSSR count). The van der Waals surface area contributed by atoms with Crippen molar-refractivity contribution in [3.05, 3.63) is 30.3 Å². The van der Waals surface area contributed by atoms with Gasteiger partial charge in [0.05, 0.1) is 4.90 Å². The number of hydrogen-bond acceptors (Lipinski definition) is 4. The average molecular weight is 264 g/mol. The normalized spacial score (nSPS) is 12.9. The Morgan fingerprint density at radius 3 is 1.94 bits per heavy atom. The first kappa shape index (κ1) is 13.1. The van der Waals surface area contributed by atoms with Crippen LogP contribution in [0.2, 0.25) is 0 Å². The molecule has 6 nitrogen and oxygen atoms in total. The van der Waals surface area contributed by atoms with E-state index in [4.69, 9.17) is 0 Å². The summed E-state index contributed by atoms with van der Waals surface area (Å²) in [5.41, 5.74) is 0. The highest BCUT2D eigenvalue weighted by atomic mass is 32.3. The third kappa shape index (κ3) is 3.01. The summed E-state index contributed by atoms with van der Waals surface area (Å²) in [6.45, 7) is 0. The van der Waals surface area contributed by atoms with Gasteiger partial charge in [0.15, 0.2) is 0 Å². The van der Waals surface area contributed by atoms with Gasteiger partial charge in [0, 0.05) is 14.1 Å². The minimum atomic E-state index is -4.04. The maximum Gasteiger partial charge on any atom is 0.292 e. The van der Waals surface area contributed by atoms with Crippen LogP contribution in [0.1, 0.15) is 0 Å². The molecule has 0 radical (unpaired) electrons. The van der Waals surface area contributed by atoms with E-state index in [0.29, 0.717) is 0 Å². The fourth-order valence-corrected chi connectivity index (χ4v) is 3.47. The van der Waals surface area contributed by atoms with E-state index in [1.165, 1.54) is 38.4 Å². The minimum Gasteiger partial charge on any atom is -0.206 e. The van der Waals surface area contributed by atoms with Crippen molar-refractivity contribution in [1.29, 1.82) is 0 Å². The maximum absolute atomic E-state index is 11.6. The predicted octanol–water partition coefficient (Wildman–Crippen LogP) is -0.229. The Kier molecular flexibility index (Phi) is 3.68. The van der Waals surface area contributed by atoms with E-state index in [1.807, 2.05) is 0 Å². The Bertz CT molecular complexity index is 549. The minimum absolute atomic E-state index is 0.0968. The van der Waals surface area contributed by atoms with Crippen molar-refractivity contribution in [2.75, 3.05) is 14.1 Å². The van der Waals surface area contributed by atoms with Crippen molar-refractivity contribution in [2.45, 2.75) is 4.90 Å². The summed E-state index contributed by atoms with van der Waals surface area (Å²) in [5, 5.41) is 0. The highest BCUT2D eigenvalue weighted by Gasteiger charge is 2.23. The summed E-state index contributed by atoms with van der Waals surface area (Å²) in [4.78, 5) is -0.0968. The van der Waals surface area contributed by atoms with Crippen LogP contribution in [-0.4, -0.2) is 35.2 Å². The molecule has 0 spiro atoms. The average Bonchev–Trinajstić information content (AvgIpc) is 2.17. The molecule has 8 heteroatoms. The molecular formula is C8H12N2O4S2. The van der Waals surface area contributed by atoms with Crippen molar-refractivity contribution < 1.29 is 16.8 Å².